The molecule has 606 valence electrons. The maximum atomic E-state index is 13.1. The minimum Gasteiger partial charge on any atom is -0.462 e. The topological polar surface area (TPSA) is 237 Å². The van der Waals surface area contributed by atoms with Gasteiger partial charge in [-0.3, -0.25) is 37.3 Å². The summed E-state index contributed by atoms with van der Waals surface area (Å²) in [5, 5.41) is 10.6. The monoisotopic (exact) mass is 1490 g/mol. The standard InChI is InChI=1S/C83H162O17P2/c1-73(2)59-51-43-35-28-22-18-14-11-9-10-12-16-20-24-31-39-47-55-63-80(85)93-69-78(99-83(88)66-58-50-41-33-27-26-30-37-45-53-61-75(5)6)71-97-101(89,90)95-67-77(84)68-96-102(91,92)98-72-79(70-94-81(86)64-56-48-42-34-38-46-54-62-76(7)8)100-82(87)65-57-49-40-32-25-21-17-13-15-19-23-29-36-44-52-60-74(3)4/h73-79,84H,9-72H2,1-8H3,(H,89,90)(H,91,92)/t77?,78-,79-/m1/s1. The van der Waals surface area contributed by atoms with Gasteiger partial charge in [0, 0.05) is 25.7 Å². The molecule has 0 aliphatic heterocycles. The number of carbonyl (C=O) groups is 4. The van der Waals surface area contributed by atoms with E-state index in [2.05, 4.69) is 55.4 Å². The van der Waals surface area contributed by atoms with Crippen LogP contribution in [0.25, 0.3) is 0 Å². The summed E-state index contributed by atoms with van der Waals surface area (Å²) in [6.45, 7) is 14.3. The molecule has 0 aliphatic carbocycles. The number of hydrogen-bond donors (Lipinski definition) is 3. The molecule has 0 radical (unpaired) electrons. The number of phosphoric ester groups is 2. The van der Waals surface area contributed by atoms with Crippen molar-refractivity contribution in [2.75, 3.05) is 39.6 Å². The van der Waals surface area contributed by atoms with E-state index in [4.69, 9.17) is 37.0 Å². The zero-order chi connectivity index (χ0) is 75.3. The first-order chi connectivity index (χ1) is 49.1. The summed E-state index contributed by atoms with van der Waals surface area (Å²) in [4.78, 5) is 73.1. The molecule has 3 unspecified atom stereocenters. The summed E-state index contributed by atoms with van der Waals surface area (Å²) in [7, 11) is -9.92. The number of aliphatic hydroxyl groups is 1. The van der Waals surface area contributed by atoms with Gasteiger partial charge in [-0.25, -0.2) is 9.13 Å². The predicted molar refractivity (Wildman–Crippen MR) is 418 cm³/mol. The second kappa shape index (κ2) is 72.0. The first kappa shape index (κ1) is 100. The van der Waals surface area contributed by atoms with Crippen LogP contribution in [0.2, 0.25) is 0 Å². The second-order valence-electron chi connectivity index (χ2n) is 31.8. The Bertz CT molecular complexity index is 1990. The van der Waals surface area contributed by atoms with E-state index in [1.165, 1.54) is 225 Å². The lowest BCUT2D eigenvalue weighted by molar-refractivity contribution is -0.161. The molecular weight excluding hydrogens is 1330 g/mol. The number of ether oxygens (including phenoxy) is 4. The highest BCUT2D eigenvalue weighted by molar-refractivity contribution is 7.47. The van der Waals surface area contributed by atoms with Crippen molar-refractivity contribution >= 4 is 39.5 Å². The maximum Gasteiger partial charge on any atom is 0.472 e. The summed E-state index contributed by atoms with van der Waals surface area (Å²) >= 11 is 0. The van der Waals surface area contributed by atoms with Crippen LogP contribution in [0.1, 0.15) is 428 Å². The van der Waals surface area contributed by atoms with Crippen LogP contribution in [0, 0.1) is 23.7 Å². The zero-order valence-corrected chi connectivity index (χ0v) is 69.0. The molecule has 0 amide bonds. The minimum absolute atomic E-state index is 0.106. The average molecular weight is 1490 g/mol. The number of carbonyl (C=O) groups excluding carboxylic acids is 4. The van der Waals surface area contributed by atoms with E-state index < -0.39 is 97.5 Å². The normalized spacial score (nSPS) is 14.0. The van der Waals surface area contributed by atoms with E-state index in [0.717, 1.165) is 114 Å². The molecule has 0 rings (SSSR count). The van der Waals surface area contributed by atoms with Gasteiger partial charge in [-0.1, -0.05) is 376 Å². The number of rotatable bonds is 80. The third-order valence-corrected chi connectivity index (χ3v) is 21.2. The van der Waals surface area contributed by atoms with Crippen molar-refractivity contribution in [2.24, 2.45) is 23.7 Å². The van der Waals surface area contributed by atoms with Gasteiger partial charge >= 0.3 is 39.5 Å². The van der Waals surface area contributed by atoms with E-state index in [0.29, 0.717) is 31.6 Å². The summed E-state index contributed by atoms with van der Waals surface area (Å²) in [6, 6.07) is 0. The Morgan fingerprint density at radius 1 is 0.245 bits per heavy atom. The maximum absolute atomic E-state index is 13.1. The van der Waals surface area contributed by atoms with Crippen LogP contribution in [-0.2, 0) is 65.4 Å². The van der Waals surface area contributed by atoms with Gasteiger partial charge in [0.05, 0.1) is 26.4 Å². The third kappa shape index (κ3) is 76.3. The van der Waals surface area contributed by atoms with E-state index >= 15 is 0 Å². The van der Waals surface area contributed by atoms with E-state index in [1.54, 1.807) is 0 Å². The van der Waals surface area contributed by atoms with Gasteiger partial charge < -0.3 is 33.8 Å². The van der Waals surface area contributed by atoms with Crippen LogP contribution in [0.5, 0.6) is 0 Å². The van der Waals surface area contributed by atoms with Crippen molar-refractivity contribution in [3.05, 3.63) is 0 Å². The lowest BCUT2D eigenvalue weighted by atomic mass is 10.0. The second-order valence-corrected chi connectivity index (χ2v) is 34.7. The van der Waals surface area contributed by atoms with Crippen LogP contribution in [0.15, 0.2) is 0 Å². The Balaban J connectivity index is 5.18. The van der Waals surface area contributed by atoms with Gasteiger partial charge in [-0.15, -0.1) is 0 Å². The van der Waals surface area contributed by atoms with Gasteiger partial charge in [-0.05, 0) is 49.4 Å². The fraction of sp³-hybridized carbons (Fsp3) is 0.952. The quantitative estimate of drug-likeness (QED) is 0.0222. The Kier molecular flexibility index (Phi) is 70.6. The van der Waals surface area contributed by atoms with Crippen LogP contribution in [-0.4, -0.2) is 96.7 Å². The number of hydrogen-bond acceptors (Lipinski definition) is 15. The van der Waals surface area contributed by atoms with Crippen molar-refractivity contribution in [1.29, 1.82) is 0 Å². The molecule has 0 aromatic heterocycles. The molecule has 0 spiro atoms. The highest BCUT2D eigenvalue weighted by Crippen LogP contribution is 2.45. The molecule has 0 aliphatic rings. The lowest BCUT2D eigenvalue weighted by Gasteiger charge is -2.21. The highest BCUT2D eigenvalue weighted by atomic mass is 31.2. The Hall–Kier alpha value is -1.94. The van der Waals surface area contributed by atoms with Crippen LogP contribution in [0.4, 0.5) is 0 Å². The molecule has 0 saturated heterocycles. The van der Waals surface area contributed by atoms with Crippen LogP contribution in [0.3, 0.4) is 0 Å². The fourth-order valence-electron chi connectivity index (χ4n) is 12.8. The SMILES string of the molecule is CC(C)CCCCCCCCCCCCCCCCCCCCC(=O)OC[C@H](COP(=O)(O)OCC(O)COP(=O)(O)OC[C@@H](COC(=O)CCCCCCCCCC(C)C)OC(=O)CCCCCCCCCCCCCCCCCC(C)C)OC(=O)CCCCCCCCCCCCC(C)C. The largest absolute Gasteiger partial charge is 0.472 e. The molecule has 5 atom stereocenters. The van der Waals surface area contributed by atoms with Gasteiger partial charge in [0.25, 0.3) is 0 Å². The third-order valence-electron chi connectivity index (χ3n) is 19.3. The van der Waals surface area contributed by atoms with Crippen LogP contribution >= 0.6 is 15.6 Å². The minimum atomic E-state index is -4.96. The number of phosphoric acid groups is 2. The molecule has 0 saturated carbocycles. The molecular formula is C83H162O17P2. The van der Waals surface area contributed by atoms with Gasteiger partial charge in [0.2, 0.25) is 0 Å². The summed E-state index contributed by atoms with van der Waals surface area (Å²) in [6.07, 6.45) is 59.9. The van der Waals surface area contributed by atoms with Crippen molar-refractivity contribution in [1.82, 2.24) is 0 Å². The number of unbranched alkanes of at least 4 members (excludes halogenated alkanes) is 46. The fourth-order valence-corrected chi connectivity index (χ4v) is 14.4. The van der Waals surface area contributed by atoms with Gasteiger partial charge in [0.1, 0.15) is 19.3 Å². The van der Waals surface area contributed by atoms with Crippen LogP contribution < -0.4 is 0 Å². The lowest BCUT2D eigenvalue weighted by Crippen LogP contribution is -2.30. The molecule has 19 heteroatoms. The molecule has 0 fully saturated rings. The molecule has 0 heterocycles. The summed E-state index contributed by atoms with van der Waals surface area (Å²) < 4.78 is 68.7. The molecule has 17 nitrogen and oxygen atoms in total. The van der Waals surface area contributed by atoms with Crippen molar-refractivity contribution in [3.8, 4) is 0 Å². The van der Waals surface area contributed by atoms with E-state index in [9.17, 15) is 43.2 Å². The van der Waals surface area contributed by atoms with Crippen molar-refractivity contribution in [3.63, 3.8) is 0 Å². The highest BCUT2D eigenvalue weighted by Gasteiger charge is 2.30. The molecule has 3 N–H and O–H groups in total. The average Bonchev–Trinajstić information content (AvgIpc) is 0.906. The van der Waals surface area contributed by atoms with E-state index in [-0.39, 0.29) is 25.7 Å². The van der Waals surface area contributed by atoms with Crippen molar-refractivity contribution in [2.45, 2.75) is 446 Å². The molecule has 102 heavy (non-hydrogen) atoms. The first-order valence-corrected chi connectivity index (χ1v) is 45.7. The first-order valence-electron chi connectivity index (χ1n) is 42.7. The summed E-state index contributed by atoms with van der Waals surface area (Å²) in [5.41, 5.74) is 0. The number of esters is 4. The molecule has 0 aromatic carbocycles. The van der Waals surface area contributed by atoms with Gasteiger partial charge in [0.15, 0.2) is 12.2 Å². The van der Waals surface area contributed by atoms with E-state index in [1.807, 2.05) is 0 Å². The summed E-state index contributed by atoms with van der Waals surface area (Å²) in [5.74, 6) is 0.969. The smallest absolute Gasteiger partial charge is 0.462 e. The Morgan fingerprint density at radius 3 is 0.608 bits per heavy atom. The van der Waals surface area contributed by atoms with Gasteiger partial charge in [-0.2, -0.15) is 0 Å². The number of aliphatic hydroxyl groups excluding tert-OH is 1. The Morgan fingerprint density at radius 2 is 0.412 bits per heavy atom. The molecule has 0 bridgehead atoms. The predicted octanol–water partition coefficient (Wildman–Crippen LogP) is 24.8. The zero-order valence-electron chi connectivity index (χ0n) is 67.2. The van der Waals surface area contributed by atoms with Crippen molar-refractivity contribution < 1.29 is 80.2 Å². The molecule has 0 aromatic rings. The Labute approximate surface area is 626 Å².